The Morgan fingerprint density at radius 1 is 1.26 bits per heavy atom. The predicted molar refractivity (Wildman–Crippen MR) is 103 cm³/mol. The van der Waals surface area contributed by atoms with E-state index in [1.54, 1.807) is 10.9 Å². The van der Waals surface area contributed by atoms with Gasteiger partial charge in [-0.3, -0.25) is 14.3 Å². The maximum atomic E-state index is 12.8. The van der Waals surface area contributed by atoms with Crippen molar-refractivity contribution >= 4 is 23.2 Å². The third kappa shape index (κ3) is 4.55. The van der Waals surface area contributed by atoms with Gasteiger partial charge in [0.25, 0.3) is 11.8 Å². The number of rotatable bonds is 7. The number of piperidine rings is 1. The third-order valence-corrected chi connectivity index (χ3v) is 6.19. The molecule has 2 aromatic heterocycles. The minimum Gasteiger partial charge on any atom is -0.350 e. The molecular formula is C19H25N5O2S. The number of aromatic nitrogens is 3. The number of hydrogen-bond donors (Lipinski definition) is 1. The fourth-order valence-corrected chi connectivity index (χ4v) is 4.23. The first kappa shape index (κ1) is 18.2. The zero-order chi connectivity index (χ0) is 18.6. The van der Waals surface area contributed by atoms with Crippen molar-refractivity contribution in [3.8, 4) is 0 Å². The molecule has 1 aliphatic heterocycles. The van der Waals surface area contributed by atoms with Crippen LogP contribution in [0.2, 0.25) is 0 Å². The fourth-order valence-electron chi connectivity index (χ4n) is 3.55. The number of hydrogen-bond acceptors (Lipinski definition) is 5. The van der Waals surface area contributed by atoms with Gasteiger partial charge in [-0.25, -0.2) is 0 Å². The van der Waals surface area contributed by atoms with Crippen LogP contribution in [-0.4, -0.2) is 50.8 Å². The molecule has 1 saturated carbocycles. The van der Waals surface area contributed by atoms with Crippen LogP contribution >= 0.6 is 11.3 Å². The lowest BCUT2D eigenvalue weighted by molar-refractivity contribution is 0.0598. The molecule has 144 valence electrons. The van der Waals surface area contributed by atoms with Gasteiger partial charge in [0, 0.05) is 25.7 Å². The highest BCUT2D eigenvalue weighted by molar-refractivity contribution is 7.12. The van der Waals surface area contributed by atoms with Crippen molar-refractivity contribution in [3.05, 3.63) is 34.3 Å². The number of aryl methyl sites for hydroxylation is 1. The monoisotopic (exact) mass is 387 g/mol. The molecule has 2 aromatic rings. The van der Waals surface area contributed by atoms with Crippen LogP contribution in [0.1, 0.15) is 58.7 Å². The van der Waals surface area contributed by atoms with Gasteiger partial charge in [0.05, 0.1) is 11.1 Å². The Bertz CT molecular complexity index is 784. The van der Waals surface area contributed by atoms with Gasteiger partial charge < -0.3 is 10.2 Å². The number of likely N-dealkylation sites (tertiary alicyclic amines) is 1. The van der Waals surface area contributed by atoms with E-state index in [1.165, 1.54) is 24.2 Å². The number of nitrogens with zero attached hydrogens (tertiary/aromatic N) is 4. The van der Waals surface area contributed by atoms with Crippen LogP contribution in [0.4, 0.5) is 0 Å². The summed E-state index contributed by atoms with van der Waals surface area (Å²) in [6.07, 6.45) is 8.15. The summed E-state index contributed by atoms with van der Waals surface area (Å²) in [5.41, 5.74) is 0.366. The number of carbonyl (C=O) groups is 2. The Balaban J connectivity index is 1.32. The van der Waals surface area contributed by atoms with Gasteiger partial charge in [0.1, 0.15) is 0 Å². The SMILES string of the molecule is O=C(NCC1CC1)c1cn(CCC2CCCCN2C(=O)c2cccs2)nn1. The molecule has 8 heteroatoms. The van der Waals surface area contributed by atoms with Crippen LogP contribution in [0.25, 0.3) is 0 Å². The zero-order valence-corrected chi connectivity index (χ0v) is 16.2. The number of thiophene rings is 1. The summed E-state index contributed by atoms with van der Waals surface area (Å²) in [5, 5.41) is 12.9. The highest BCUT2D eigenvalue weighted by Crippen LogP contribution is 2.27. The molecule has 2 fully saturated rings. The maximum Gasteiger partial charge on any atom is 0.273 e. The van der Waals surface area contributed by atoms with E-state index in [1.807, 2.05) is 22.4 Å². The molecule has 0 spiro atoms. The fraction of sp³-hybridized carbons (Fsp3) is 0.579. The van der Waals surface area contributed by atoms with Gasteiger partial charge >= 0.3 is 0 Å². The minimum atomic E-state index is -0.152. The van der Waals surface area contributed by atoms with E-state index < -0.39 is 0 Å². The van der Waals surface area contributed by atoms with Gasteiger partial charge in [-0.15, -0.1) is 16.4 Å². The Labute approximate surface area is 162 Å². The van der Waals surface area contributed by atoms with Crippen molar-refractivity contribution in [1.29, 1.82) is 0 Å². The van der Waals surface area contributed by atoms with Crippen LogP contribution < -0.4 is 5.32 Å². The van der Waals surface area contributed by atoms with Gasteiger partial charge in [0.15, 0.2) is 5.69 Å². The van der Waals surface area contributed by atoms with Crippen molar-refractivity contribution in [2.24, 2.45) is 5.92 Å². The lowest BCUT2D eigenvalue weighted by Gasteiger charge is -2.35. The first-order valence-electron chi connectivity index (χ1n) is 9.73. The second-order valence-electron chi connectivity index (χ2n) is 7.43. The molecule has 1 N–H and O–H groups in total. The highest BCUT2D eigenvalue weighted by Gasteiger charge is 2.28. The molecular weight excluding hydrogens is 362 g/mol. The van der Waals surface area contributed by atoms with E-state index in [2.05, 4.69) is 15.6 Å². The van der Waals surface area contributed by atoms with Crippen LogP contribution in [0.5, 0.6) is 0 Å². The second kappa shape index (κ2) is 8.21. The van der Waals surface area contributed by atoms with Gasteiger partial charge in [-0.2, -0.15) is 0 Å². The lowest BCUT2D eigenvalue weighted by atomic mass is 9.99. The molecule has 2 amide bonds. The summed E-state index contributed by atoms with van der Waals surface area (Å²) in [6, 6.07) is 4.02. The topological polar surface area (TPSA) is 80.1 Å². The van der Waals surface area contributed by atoms with E-state index in [0.29, 0.717) is 18.2 Å². The van der Waals surface area contributed by atoms with Crippen LogP contribution in [0.3, 0.4) is 0 Å². The molecule has 0 aromatic carbocycles. The minimum absolute atomic E-state index is 0.133. The molecule has 0 bridgehead atoms. The maximum absolute atomic E-state index is 12.8. The van der Waals surface area contributed by atoms with E-state index in [-0.39, 0.29) is 17.9 Å². The summed E-state index contributed by atoms with van der Waals surface area (Å²) >= 11 is 1.50. The molecule has 1 atom stereocenters. The van der Waals surface area contributed by atoms with E-state index in [0.717, 1.165) is 43.6 Å². The molecule has 3 heterocycles. The lowest BCUT2D eigenvalue weighted by Crippen LogP contribution is -2.44. The van der Waals surface area contributed by atoms with Crippen molar-refractivity contribution in [2.45, 2.75) is 51.1 Å². The standard InChI is InChI=1S/C19H25N5O2S/c25-18(20-12-14-6-7-14)16-13-23(22-21-16)10-8-15-4-1-2-9-24(15)19(26)17-5-3-11-27-17/h3,5,11,13-15H,1-2,4,6-10,12H2,(H,20,25). The predicted octanol–water partition coefficient (Wildman–Crippen LogP) is 2.56. The molecule has 1 unspecified atom stereocenters. The highest BCUT2D eigenvalue weighted by atomic mass is 32.1. The molecule has 2 aliphatic rings. The van der Waals surface area contributed by atoms with Crippen LogP contribution in [-0.2, 0) is 6.54 Å². The van der Waals surface area contributed by atoms with Gasteiger partial charge in [-0.1, -0.05) is 11.3 Å². The Morgan fingerprint density at radius 3 is 2.93 bits per heavy atom. The average Bonchev–Trinajstić information content (AvgIpc) is 3.16. The first-order valence-corrected chi connectivity index (χ1v) is 10.6. The summed E-state index contributed by atoms with van der Waals surface area (Å²) in [5.74, 6) is 0.621. The first-order chi connectivity index (χ1) is 13.2. The second-order valence-corrected chi connectivity index (χ2v) is 8.38. The summed E-state index contributed by atoms with van der Waals surface area (Å²) < 4.78 is 1.72. The molecule has 1 saturated heterocycles. The van der Waals surface area contributed by atoms with Crippen molar-refractivity contribution < 1.29 is 9.59 Å². The van der Waals surface area contributed by atoms with E-state index in [4.69, 9.17) is 0 Å². The summed E-state index contributed by atoms with van der Waals surface area (Å²) in [6.45, 7) is 2.20. The zero-order valence-electron chi connectivity index (χ0n) is 15.3. The average molecular weight is 388 g/mol. The molecule has 0 radical (unpaired) electrons. The van der Waals surface area contributed by atoms with Crippen molar-refractivity contribution in [3.63, 3.8) is 0 Å². The number of carbonyl (C=O) groups excluding carboxylic acids is 2. The van der Waals surface area contributed by atoms with E-state index >= 15 is 0 Å². The Morgan fingerprint density at radius 2 is 2.15 bits per heavy atom. The summed E-state index contributed by atoms with van der Waals surface area (Å²) in [4.78, 5) is 27.7. The number of nitrogens with one attached hydrogen (secondary N) is 1. The molecule has 27 heavy (non-hydrogen) atoms. The van der Waals surface area contributed by atoms with Gasteiger partial charge in [-0.05, 0) is 55.9 Å². The molecule has 1 aliphatic carbocycles. The summed E-state index contributed by atoms with van der Waals surface area (Å²) in [7, 11) is 0. The normalized spacial score (nSPS) is 19.9. The van der Waals surface area contributed by atoms with E-state index in [9.17, 15) is 9.59 Å². The van der Waals surface area contributed by atoms with Gasteiger partial charge in [0.2, 0.25) is 0 Å². The third-order valence-electron chi connectivity index (χ3n) is 5.33. The van der Waals surface area contributed by atoms with Crippen LogP contribution in [0, 0.1) is 5.92 Å². The molecule has 7 nitrogen and oxygen atoms in total. The largest absolute Gasteiger partial charge is 0.350 e. The van der Waals surface area contributed by atoms with Crippen molar-refractivity contribution in [2.75, 3.05) is 13.1 Å². The molecule has 4 rings (SSSR count). The Kier molecular flexibility index (Phi) is 5.52. The van der Waals surface area contributed by atoms with Crippen LogP contribution in [0.15, 0.2) is 23.7 Å². The Hall–Kier alpha value is -2.22. The number of amides is 2. The quantitative estimate of drug-likeness (QED) is 0.792. The smallest absolute Gasteiger partial charge is 0.273 e. The van der Waals surface area contributed by atoms with Crippen molar-refractivity contribution in [1.82, 2.24) is 25.2 Å².